The topological polar surface area (TPSA) is 85.8 Å². The number of halogens is 1. The third kappa shape index (κ3) is 4.46. The summed E-state index contributed by atoms with van der Waals surface area (Å²) in [5, 5.41) is 12.2. The zero-order chi connectivity index (χ0) is 17.8. The van der Waals surface area contributed by atoms with Crippen molar-refractivity contribution >= 4 is 29.3 Å². The number of nitrogens with zero attached hydrogens (tertiary/aromatic N) is 3. The van der Waals surface area contributed by atoms with E-state index < -0.39 is 0 Å². The highest BCUT2D eigenvalue weighted by Gasteiger charge is 2.23. The molecule has 1 atom stereocenters. The first-order valence-corrected chi connectivity index (χ1v) is 9.74. The first kappa shape index (κ1) is 18.1. The molecule has 0 radical (unpaired) electrons. The highest BCUT2D eigenvalue weighted by Crippen LogP contribution is 2.26. The van der Waals surface area contributed by atoms with Gasteiger partial charge in [-0.1, -0.05) is 54.8 Å². The normalized spacial score (nSPS) is 16.6. The van der Waals surface area contributed by atoms with Crippen molar-refractivity contribution in [2.24, 2.45) is 0 Å². The van der Waals surface area contributed by atoms with Crippen molar-refractivity contribution in [3.05, 3.63) is 29.3 Å². The van der Waals surface area contributed by atoms with Crippen LogP contribution in [0.4, 0.5) is 0 Å². The van der Waals surface area contributed by atoms with Crippen LogP contribution in [0.2, 0.25) is 5.02 Å². The molecule has 1 aliphatic carbocycles. The Morgan fingerprint density at radius 2 is 2.12 bits per heavy atom. The Morgan fingerprint density at radius 1 is 1.36 bits per heavy atom. The molecule has 0 saturated heterocycles. The first-order valence-electron chi connectivity index (χ1n) is 8.48. The summed E-state index contributed by atoms with van der Waals surface area (Å²) < 4.78 is 1.40. The lowest BCUT2D eigenvalue weighted by atomic mass is 9.95. The van der Waals surface area contributed by atoms with Crippen molar-refractivity contribution in [2.45, 2.75) is 55.5 Å². The van der Waals surface area contributed by atoms with Crippen LogP contribution in [0.15, 0.2) is 29.4 Å². The summed E-state index contributed by atoms with van der Waals surface area (Å²) >= 11 is 7.32. The van der Waals surface area contributed by atoms with Gasteiger partial charge < -0.3 is 11.2 Å². The molecule has 0 aliphatic heterocycles. The molecule has 3 rings (SSSR count). The summed E-state index contributed by atoms with van der Waals surface area (Å²) in [6.45, 7) is 1.86. The van der Waals surface area contributed by atoms with E-state index in [1.54, 1.807) is 12.1 Å². The van der Waals surface area contributed by atoms with Gasteiger partial charge in [0.25, 0.3) is 0 Å². The Kier molecular flexibility index (Phi) is 5.86. The number of amides is 1. The molecule has 1 amide bonds. The number of carbonyl (C=O) groups is 1. The summed E-state index contributed by atoms with van der Waals surface area (Å²) in [5.41, 5.74) is 0.786. The lowest BCUT2D eigenvalue weighted by molar-refractivity contribution is -0.121. The van der Waals surface area contributed by atoms with Crippen LogP contribution in [-0.2, 0) is 4.79 Å². The van der Waals surface area contributed by atoms with Crippen LogP contribution in [0, 0.1) is 0 Å². The van der Waals surface area contributed by atoms with Gasteiger partial charge in [-0.2, -0.15) is 0 Å². The number of hydrogen-bond donors (Lipinski definition) is 2. The van der Waals surface area contributed by atoms with Crippen molar-refractivity contribution in [3.8, 4) is 11.4 Å². The molecule has 1 aromatic carbocycles. The van der Waals surface area contributed by atoms with Crippen molar-refractivity contribution in [3.63, 3.8) is 0 Å². The number of rotatable bonds is 5. The van der Waals surface area contributed by atoms with E-state index in [-0.39, 0.29) is 11.2 Å². The molecule has 1 saturated carbocycles. The van der Waals surface area contributed by atoms with Crippen molar-refractivity contribution in [2.75, 3.05) is 5.84 Å². The molecule has 1 unspecified atom stereocenters. The number of benzene rings is 1. The Balaban J connectivity index is 1.65. The van der Waals surface area contributed by atoms with Gasteiger partial charge in [0.2, 0.25) is 11.1 Å². The van der Waals surface area contributed by atoms with Crippen LogP contribution in [0.3, 0.4) is 0 Å². The molecule has 134 valence electrons. The molecule has 6 nitrogen and oxygen atoms in total. The molecular weight excluding hydrogens is 358 g/mol. The number of hydrogen-bond acceptors (Lipinski definition) is 5. The average molecular weight is 380 g/mol. The fourth-order valence-electron chi connectivity index (χ4n) is 2.96. The van der Waals surface area contributed by atoms with E-state index in [2.05, 4.69) is 15.5 Å². The molecule has 8 heteroatoms. The molecule has 3 N–H and O–H groups in total. The van der Waals surface area contributed by atoms with Gasteiger partial charge in [-0.3, -0.25) is 4.79 Å². The standard InChI is InChI=1S/C17H22ClN5OS/c1-11(16(24)20-14-8-3-2-4-9-14)25-17-22-21-15(23(17)19)12-6-5-7-13(18)10-12/h5-7,10-11,14H,2-4,8-9,19H2,1H3,(H,20,24). The Bertz CT molecular complexity index is 744. The maximum Gasteiger partial charge on any atom is 0.233 e. The molecule has 1 heterocycles. The Hall–Kier alpha value is -1.73. The van der Waals surface area contributed by atoms with E-state index in [1.807, 2.05) is 19.1 Å². The number of thioether (sulfide) groups is 1. The maximum absolute atomic E-state index is 12.4. The third-order valence-corrected chi connectivity index (χ3v) is 5.64. The van der Waals surface area contributed by atoms with Crippen LogP contribution in [0.25, 0.3) is 11.4 Å². The van der Waals surface area contributed by atoms with Gasteiger partial charge in [-0.15, -0.1) is 10.2 Å². The second kappa shape index (κ2) is 8.10. The van der Waals surface area contributed by atoms with Crippen LogP contribution in [0.5, 0.6) is 0 Å². The smallest absolute Gasteiger partial charge is 0.233 e. The molecule has 1 aromatic heterocycles. The van der Waals surface area contributed by atoms with Gasteiger partial charge in [0.15, 0.2) is 5.82 Å². The van der Waals surface area contributed by atoms with E-state index in [0.717, 1.165) is 18.4 Å². The highest BCUT2D eigenvalue weighted by molar-refractivity contribution is 8.00. The minimum absolute atomic E-state index is 0.0178. The second-order valence-corrected chi connectivity index (χ2v) is 8.03. The second-order valence-electron chi connectivity index (χ2n) is 6.29. The van der Waals surface area contributed by atoms with E-state index in [4.69, 9.17) is 17.4 Å². The minimum atomic E-state index is -0.291. The zero-order valence-corrected chi connectivity index (χ0v) is 15.7. The van der Waals surface area contributed by atoms with Gasteiger partial charge in [-0.25, -0.2) is 4.68 Å². The Morgan fingerprint density at radius 3 is 2.84 bits per heavy atom. The van der Waals surface area contributed by atoms with Crippen LogP contribution in [0.1, 0.15) is 39.0 Å². The molecule has 1 aliphatic rings. The average Bonchev–Trinajstić information content (AvgIpc) is 2.96. The van der Waals surface area contributed by atoms with Crippen LogP contribution >= 0.6 is 23.4 Å². The van der Waals surface area contributed by atoms with E-state index in [9.17, 15) is 4.79 Å². The van der Waals surface area contributed by atoms with Crippen molar-refractivity contribution < 1.29 is 4.79 Å². The zero-order valence-electron chi connectivity index (χ0n) is 14.1. The maximum atomic E-state index is 12.4. The van der Waals surface area contributed by atoms with Crippen molar-refractivity contribution in [1.29, 1.82) is 0 Å². The van der Waals surface area contributed by atoms with E-state index in [0.29, 0.717) is 22.0 Å². The highest BCUT2D eigenvalue weighted by atomic mass is 35.5. The molecule has 1 fully saturated rings. The number of nitrogen functional groups attached to an aromatic ring is 1. The number of carbonyl (C=O) groups excluding carboxylic acids is 1. The lowest BCUT2D eigenvalue weighted by Crippen LogP contribution is -2.40. The molecular formula is C17H22ClN5OS. The monoisotopic (exact) mass is 379 g/mol. The summed E-state index contributed by atoms with van der Waals surface area (Å²) in [6.07, 6.45) is 5.77. The van der Waals surface area contributed by atoms with E-state index in [1.165, 1.54) is 35.7 Å². The predicted molar refractivity (Wildman–Crippen MR) is 101 cm³/mol. The first-order chi connectivity index (χ1) is 12.0. The fraction of sp³-hybridized carbons (Fsp3) is 0.471. The number of nitrogens with two attached hydrogens (primary N) is 1. The number of aromatic nitrogens is 3. The summed E-state index contributed by atoms with van der Waals surface area (Å²) in [7, 11) is 0. The van der Waals surface area contributed by atoms with Gasteiger partial charge in [-0.05, 0) is 31.9 Å². The quantitative estimate of drug-likeness (QED) is 0.615. The van der Waals surface area contributed by atoms with Gasteiger partial charge >= 0.3 is 0 Å². The summed E-state index contributed by atoms with van der Waals surface area (Å²) in [4.78, 5) is 12.4. The van der Waals surface area contributed by atoms with Crippen LogP contribution in [-0.4, -0.2) is 32.1 Å². The number of nitrogens with one attached hydrogen (secondary N) is 1. The minimum Gasteiger partial charge on any atom is -0.352 e. The summed E-state index contributed by atoms with van der Waals surface area (Å²) in [6, 6.07) is 7.56. The molecule has 2 aromatic rings. The van der Waals surface area contributed by atoms with Crippen LogP contribution < -0.4 is 11.2 Å². The SMILES string of the molecule is CC(Sc1nnc(-c2cccc(Cl)c2)n1N)C(=O)NC1CCCCC1. The molecule has 0 bridgehead atoms. The fourth-order valence-corrected chi connectivity index (χ4v) is 3.93. The van der Waals surface area contributed by atoms with Gasteiger partial charge in [0, 0.05) is 16.6 Å². The van der Waals surface area contributed by atoms with Crippen molar-refractivity contribution in [1.82, 2.24) is 20.2 Å². The van der Waals surface area contributed by atoms with Gasteiger partial charge in [0.1, 0.15) is 0 Å². The van der Waals surface area contributed by atoms with Gasteiger partial charge in [0.05, 0.1) is 5.25 Å². The lowest BCUT2D eigenvalue weighted by Gasteiger charge is -2.24. The molecule has 25 heavy (non-hydrogen) atoms. The third-order valence-electron chi connectivity index (χ3n) is 4.35. The van der Waals surface area contributed by atoms with E-state index >= 15 is 0 Å². The predicted octanol–water partition coefficient (Wildman–Crippen LogP) is 3.24. The summed E-state index contributed by atoms with van der Waals surface area (Å²) in [5.74, 6) is 6.65. The molecule has 0 spiro atoms. The Labute approximate surface area is 156 Å². The largest absolute Gasteiger partial charge is 0.352 e.